The smallest absolute Gasteiger partial charge is 0.264 e. The molecule has 4 aromatic rings. The van der Waals surface area contributed by atoms with Gasteiger partial charge in [-0.3, -0.25) is 9.59 Å². The van der Waals surface area contributed by atoms with E-state index in [1.54, 1.807) is 58.0 Å². The monoisotopic (exact) mass is 1300 g/mol. The molecule has 0 unspecified atom stereocenters. The molecule has 468 valence electrons. The van der Waals surface area contributed by atoms with Crippen molar-refractivity contribution >= 4 is 90.0 Å². The van der Waals surface area contributed by atoms with Crippen LogP contribution in [0.15, 0.2) is 94.3 Å². The second kappa shape index (κ2) is 24.8. The van der Waals surface area contributed by atoms with Crippen LogP contribution in [0.5, 0.6) is 0 Å². The number of carbonyl (C=O) groups is 2. The van der Waals surface area contributed by atoms with Crippen LogP contribution in [0.3, 0.4) is 0 Å². The Balaban J connectivity index is 0.000000170. The molecule has 13 atom stereocenters. The zero-order chi connectivity index (χ0) is 61.5. The van der Waals surface area contributed by atoms with Gasteiger partial charge >= 0.3 is 0 Å². The summed E-state index contributed by atoms with van der Waals surface area (Å²) in [6.07, 6.45) is 17.3. The van der Waals surface area contributed by atoms with Gasteiger partial charge in [0, 0.05) is 88.7 Å². The first kappa shape index (κ1) is 63.0. The third kappa shape index (κ3) is 12.0. The third-order valence-corrected chi connectivity index (χ3v) is 28.8. The first-order valence-electron chi connectivity index (χ1n) is 31.1. The number of hydrogen-bond donors (Lipinski definition) is 2. The number of aryl methyl sites for hydroxylation is 1. The standard InChI is InChI=1S/C34H39ClF2N2O4S2.C33H41ClN2O4S2/c1-18-19(2)45(41,42)38-33(40)20-7-9-29-28(13-20)39(15-21-6-8-24(21)32(43-3)23-11-22(18)12-23)16-34(17-44-29)10-4-5-25-26(34)14-27(36)30(35)31(25)37;1-21-6-4-8-30(40-3)27-12-9-25(27)18-36-19-33(15-5-7-23-16-26(34)11-13-28(23)33)20-41-31-14-10-24(17-29(31)36)32(37)35-42(38,39)22(21)2/h7,9,11,13-14,18-19,21-22,24,32H,4-6,8,10,12,15-17H2,1-3H3,(H,38,40);4,8,10-11,13-14,16-17,21-22,25,27,30H,5-7,9,12,15,18-20H2,1-3H3,(H,35,37)/b;8-4+/t18-,19-,21+,22+,24-,32+,34+;21-,22+,25-,27+,30-,33-/m10/s1. The first-order chi connectivity index (χ1) is 41.5. The molecule has 5 heterocycles. The summed E-state index contributed by atoms with van der Waals surface area (Å²) < 4.78 is 100. The zero-order valence-electron chi connectivity index (χ0n) is 50.4. The highest BCUT2D eigenvalue weighted by atomic mass is 35.5. The predicted molar refractivity (Wildman–Crippen MR) is 345 cm³/mol. The molecule has 87 heavy (non-hydrogen) atoms. The quantitative estimate of drug-likeness (QED) is 0.145. The number of nitrogens with one attached hydrogen (secondary N) is 2. The van der Waals surface area contributed by atoms with E-state index in [4.69, 9.17) is 32.7 Å². The molecule has 5 aliphatic carbocycles. The Morgan fingerprint density at radius 2 is 1.26 bits per heavy atom. The number of nitrogens with zero attached hydrogens (tertiary/aromatic N) is 2. The average molecular weight is 1310 g/mol. The Bertz CT molecular complexity index is 3670. The number of thioether (sulfide) groups is 2. The summed E-state index contributed by atoms with van der Waals surface area (Å²) in [4.78, 5) is 33.7. The second-order valence-electron chi connectivity index (χ2n) is 26.6. The molecule has 4 aromatic carbocycles. The fourth-order valence-electron chi connectivity index (χ4n) is 15.8. The Morgan fingerprint density at radius 1 is 0.690 bits per heavy atom. The van der Waals surface area contributed by atoms with Crippen LogP contribution < -0.4 is 19.2 Å². The molecule has 6 bridgehead atoms. The molecular weight excluding hydrogens is 1230 g/mol. The lowest BCUT2D eigenvalue weighted by molar-refractivity contribution is -0.000470. The molecule has 0 radical (unpaired) electrons. The van der Waals surface area contributed by atoms with Gasteiger partial charge in [0.05, 0.1) is 34.1 Å². The van der Waals surface area contributed by atoms with Crippen molar-refractivity contribution in [2.45, 2.75) is 148 Å². The number of allylic oxidation sites excluding steroid dienone is 2. The summed E-state index contributed by atoms with van der Waals surface area (Å²) in [5, 5.41) is -1.15. The average Bonchev–Trinajstić information content (AvgIpc) is 1.82. The molecule has 2 spiro atoms. The molecule has 2 amide bonds. The van der Waals surface area contributed by atoms with Crippen molar-refractivity contribution in [1.82, 2.24) is 9.44 Å². The minimum atomic E-state index is -3.94. The van der Waals surface area contributed by atoms with Gasteiger partial charge in [0.25, 0.3) is 11.8 Å². The summed E-state index contributed by atoms with van der Waals surface area (Å²) >= 11 is 15.9. The highest BCUT2D eigenvalue weighted by Gasteiger charge is 2.49. The molecular formula is C67H80Cl2F2N4O8S4. The maximum absolute atomic E-state index is 15.4. The zero-order valence-corrected chi connectivity index (χ0v) is 55.2. The Hall–Kier alpha value is -4.14. The Morgan fingerprint density at radius 3 is 1.84 bits per heavy atom. The van der Waals surface area contributed by atoms with Crippen molar-refractivity contribution in [3.63, 3.8) is 0 Å². The molecule has 10 aliphatic rings. The van der Waals surface area contributed by atoms with Gasteiger partial charge < -0.3 is 19.3 Å². The maximum Gasteiger partial charge on any atom is 0.264 e. The van der Waals surface area contributed by atoms with Crippen LogP contribution in [-0.2, 0) is 53.2 Å². The number of sulfonamides is 2. The van der Waals surface area contributed by atoms with Crippen LogP contribution in [0.25, 0.3) is 0 Å². The van der Waals surface area contributed by atoms with Gasteiger partial charge in [-0.05, 0) is 215 Å². The van der Waals surface area contributed by atoms with E-state index in [1.165, 1.54) is 22.8 Å². The lowest BCUT2D eigenvalue weighted by Gasteiger charge is -2.48. The van der Waals surface area contributed by atoms with Gasteiger partial charge in [0.2, 0.25) is 20.0 Å². The number of rotatable bonds is 2. The van der Waals surface area contributed by atoms with E-state index in [2.05, 4.69) is 49.6 Å². The van der Waals surface area contributed by atoms with Crippen molar-refractivity contribution < 1.29 is 44.7 Å². The topological polar surface area (TPSA) is 151 Å². The lowest BCUT2D eigenvalue weighted by atomic mass is 9.64. The number of methoxy groups -OCH3 is 2. The third-order valence-electron chi connectivity index (χ3n) is 21.7. The van der Waals surface area contributed by atoms with Crippen LogP contribution in [0, 0.1) is 53.1 Å². The molecule has 0 aromatic heterocycles. The van der Waals surface area contributed by atoms with Crippen molar-refractivity contribution in [3.8, 4) is 0 Å². The Kier molecular flexibility index (Phi) is 18.0. The summed E-state index contributed by atoms with van der Waals surface area (Å²) in [6.45, 7) is 10.1. The van der Waals surface area contributed by atoms with Gasteiger partial charge in [-0.1, -0.05) is 61.3 Å². The number of carbonyl (C=O) groups excluding carboxylic acids is 2. The van der Waals surface area contributed by atoms with E-state index in [-0.39, 0.29) is 40.9 Å². The SMILES string of the molecule is CO[C@H]1/C=C/C[C@H](C)[C@@H](C)S(=O)(=O)NC(=O)c2ccc3c(c2)N(C[C@@H]2CC[C@H]21)C[C@@]1(CCCc2cc(Cl)ccc21)CS3.CO[C@H]1C2=C[C@@H](C2)[C@H](C)[C@@H](C)S(=O)(=O)NC(=O)c2ccc3c(c2)N(C[C@@H]2CC[C@H]21)C[C@@]1(CCCc2c1cc(F)c(Cl)c2F)CS3. The minimum Gasteiger partial charge on any atom is -0.377 e. The van der Waals surface area contributed by atoms with Gasteiger partial charge in [-0.25, -0.2) is 35.1 Å². The number of halogens is 4. The van der Waals surface area contributed by atoms with E-state index < -0.39 is 64.4 Å². The number of anilines is 2. The van der Waals surface area contributed by atoms with Crippen molar-refractivity contribution in [3.05, 3.63) is 140 Å². The highest BCUT2D eigenvalue weighted by Crippen LogP contribution is 2.53. The summed E-state index contributed by atoms with van der Waals surface area (Å²) in [6, 6.07) is 18.9. The summed E-state index contributed by atoms with van der Waals surface area (Å²) in [7, 11) is -4.27. The summed E-state index contributed by atoms with van der Waals surface area (Å²) in [5.74, 6) is 0.195. The van der Waals surface area contributed by atoms with E-state index in [0.29, 0.717) is 72.0 Å². The molecule has 20 heteroatoms. The molecule has 12 nitrogen and oxygen atoms in total. The molecule has 2 fully saturated rings. The normalized spacial score (nSPS) is 33.7. The van der Waals surface area contributed by atoms with Crippen LogP contribution in [0.4, 0.5) is 20.2 Å². The van der Waals surface area contributed by atoms with Crippen molar-refractivity contribution in [2.24, 2.45) is 41.4 Å². The van der Waals surface area contributed by atoms with Crippen LogP contribution in [-0.4, -0.2) is 103 Å². The molecule has 2 N–H and O–H groups in total. The van der Waals surface area contributed by atoms with Gasteiger partial charge in [0.1, 0.15) is 16.7 Å². The number of fused-ring (bicyclic) bond motifs is 10. The number of ether oxygens (including phenoxy) is 2. The fraction of sp³-hybridized carbons (Fsp3) is 0.552. The van der Waals surface area contributed by atoms with Crippen LogP contribution in [0.1, 0.15) is 135 Å². The predicted octanol–water partition coefficient (Wildman–Crippen LogP) is 13.5. The lowest BCUT2D eigenvalue weighted by Crippen LogP contribution is -2.50. The Labute approximate surface area is 531 Å². The van der Waals surface area contributed by atoms with E-state index in [9.17, 15) is 30.8 Å². The maximum atomic E-state index is 15.4. The summed E-state index contributed by atoms with van der Waals surface area (Å²) in [5.41, 5.74) is 7.06. The van der Waals surface area contributed by atoms with Gasteiger partial charge in [-0.15, -0.1) is 23.5 Å². The van der Waals surface area contributed by atoms with E-state index >= 15 is 4.39 Å². The fourth-order valence-corrected chi connectivity index (χ4v) is 21.4. The minimum absolute atomic E-state index is 0.00543. The van der Waals surface area contributed by atoms with E-state index in [0.717, 1.165) is 109 Å². The molecule has 0 saturated heterocycles. The van der Waals surface area contributed by atoms with Crippen molar-refractivity contribution in [2.75, 3.05) is 61.7 Å². The van der Waals surface area contributed by atoms with Crippen molar-refractivity contribution in [1.29, 1.82) is 0 Å². The van der Waals surface area contributed by atoms with Gasteiger partial charge in [0.15, 0.2) is 0 Å². The molecule has 2 saturated carbocycles. The molecule has 5 aliphatic heterocycles. The second-order valence-corrected chi connectivity index (χ2v) is 33.5. The van der Waals surface area contributed by atoms with E-state index in [1.807, 2.05) is 49.9 Å². The molecule has 14 rings (SSSR count). The number of amides is 2. The number of hydrogen-bond acceptors (Lipinski definition) is 12. The van der Waals surface area contributed by atoms with Gasteiger partial charge in [-0.2, -0.15) is 0 Å². The number of benzene rings is 4. The highest BCUT2D eigenvalue weighted by molar-refractivity contribution is 7.99. The van der Waals surface area contributed by atoms with Crippen LogP contribution in [0.2, 0.25) is 10.0 Å². The first-order valence-corrected chi connectivity index (χ1v) is 36.9. The largest absolute Gasteiger partial charge is 0.377 e. The van der Waals surface area contributed by atoms with Crippen LogP contribution >= 0.6 is 46.7 Å².